The van der Waals surface area contributed by atoms with Gasteiger partial charge in [-0.3, -0.25) is 4.79 Å². The van der Waals surface area contributed by atoms with E-state index in [4.69, 9.17) is 4.74 Å². The van der Waals surface area contributed by atoms with Crippen LogP contribution in [0.5, 0.6) is 5.75 Å². The highest BCUT2D eigenvalue weighted by Gasteiger charge is 2.16. The topological polar surface area (TPSA) is 50.4 Å². The molecular formula is C16H24N2O2. The molecule has 0 bridgehead atoms. The normalized spacial score (nSPS) is 19.6. The molecule has 2 N–H and O–H groups in total. The number of carbonyl (C=O) groups is 1. The van der Waals surface area contributed by atoms with Crippen LogP contribution in [0.4, 0.5) is 0 Å². The number of amides is 1. The summed E-state index contributed by atoms with van der Waals surface area (Å²) in [7, 11) is 1.65. The maximum Gasteiger partial charge on any atom is 0.220 e. The van der Waals surface area contributed by atoms with Crippen LogP contribution in [0.2, 0.25) is 0 Å². The average molecular weight is 276 g/mol. The van der Waals surface area contributed by atoms with Crippen molar-refractivity contribution in [2.75, 3.05) is 13.7 Å². The molecule has 4 heteroatoms. The van der Waals surface area contributed by atoms with Crippen LogP contribution in [0.25, 0.3) is 0 Å². The van der Waals surface area contributed by atoms with Gasteiger partial charge in [-0.15, -0.1) is 0 Å². The van der Waals surface area contributed by atoms with E-state index in [0.29, 0.717) is 12.5 Å². The van der Waals surface area contributed by atoms with E-state index < -0.39 is 0 Å². The smallest absolute Gasteiger partial charge is 0.220 e. The highest BCUT2D eigenvalue weighted by molar-refractivity contribution is 5.76. The van der Waals surface area contributed by atoms with E-state index in [1.165, 1.54) is 12.8 Å². The summed E-state index contributed by atoms with van der Waals surface area (Å²) in [5.41, 5.74) is 1.10. The number of hydrogen-bond acceptors (Lipinski definition) is 3. The number of ether oxygens (including phenoxy) is 1. The molecule has 0 radical (unpaired) electrons. The lowest BCUT2D eigenvalue weighted by Gasteiger charge is -2.16. The zero-order chi connectivity index (χ0) is 14.4. The van der Waals surface area contributed by atoms with E-state index in [2.05, 4.69) is 10.6 Å². The minimum absolute atomic E-state index is 0.0324. The summed E-state index contributed by atoms with van der Waals surface area (Å²) in [6.07, 6.45) is 3.95. The lowest BCUT2D eigenvalue weighted by Crippen LogP contribution is -2.29. The number of methoxy groups -OCH3 is 1. The number of rotatable bonds is 6. The van der Waals surface area contributed by atoms with Crippen molar-refractivity contribution in [3.05, 3.63) is 29.8 Å². The molecule has 1 heterocycles. The molecule has 1 aromatic carbocycles. The second-order valence-corrected chi connectivity index (χ2v) is 5.39. The Bertz CT molecular complexity index is 425. The zero-order valence-corrected chi connectivity index (χ0v) is 12.3. The summed E-state index contributed by atoms with van der Waals surface area (Å²) in [4.78, 5) is 11.9. The molecule has 0 aliphatic carbocycles. The van der Waals surface area contributed by atoms with Crippen LogP contribution < -0.4 is 15.4 Å². The van der Waals surface area contributed by atoms with E-state index in [0.717, 1.165) is 24.3 Å². The van der Waals surface area contributed by atoms with Gasteiger partial charge in [0.05, 0.1) is 13.2 Å². The first-order valence-corrected chi connectivity index (χ1v) is 7.35. The Kier molecular flexibility index (Phi) is 5.41. The molecule has 2 unspecified atom stereocenters. The quantitative estimate of drug-likeness (QED) is 0.839. The van der Waals surface area contributed by atoms with Crippen molar-refractivity contribution >= 4 is 5.91 Å². The molecule has 1 amide bonds. The van der Waals surface area contributed by atoms with Gasteiger partial charge in [-0.1, -0.05) is 12.1 Å². The molecule has 1 fully saturated rings. The summed E-state index contributed by atoms with van der Waals surface area (Å²) >= 11 is 0. The lowest BCUT2D eigenvalue weighted by atomic mass is 10.1. The van der Waals surface area contributed by atoms with Crippen molar-refractivity contribution in [3.63, 3.8) is 0 Å². The van der Waals surface area contributed by atoms with Crippen LogP contribution in [0.3, 0.4) is 0 Å². The fraction of sp³-hybridized carbons (Fsp3) is 0.562. The number of nitrogens with one attached hydrogen (secondary N) is 2. The molecule has 1 aliphatic heterocycles. The predicted molar refractivity (Wildman–Crippen MR) is 79.8 cm³/mol. The molecule has 1 aromatic rings. The molecule has 4 nitrogen and oxygen atoms in total. The molecule has 110 valence electrons. The summed E-state index contributed by atoms with van der Waals surface area (Å²) in [6, 6.07) is 8.37. The van der Waals surface area contributed by atoms with Crippen molar-refractivity contribution in [2.45, 2.75) is 44.7 Å². The van der Waals surface area contributed by atoms with Gasteiger partial charge in [0.25, 0.3) is 0 Å². The molecule has 20 heavy (non-hydrogen) atoms. The van der Waals surface area contributed by atoms with Crippen molar-refractivity contribution in [1.29, 1.82) is 0 Å². The third-order valence-corrected chi connectivity index (χ3v) is 3.88. The van der Waals surface area contributed by atoms with Gasteiger partial charge < -0.3 is 15.4 Å². The first-order valence-electron chi connectivity index (χ1n) is 7.35. The SMILES string of the molecule is COc1ccc(C(C)NC(=O)CCC2CCCN2)cc1. The van der Waals surface area contributed by atoms with Gasteiger partial charge in [-0.2, -0.15) is 0 Å². The van der Waals surface area contributed by atoms with Crippen LogP contribution in [-0.4, -0.2) is 25.6 Å². The van der Waals surface area contributed by atoms with Gasteiger partial charge in [-0.25, -0.2) is 0 Å². The highest BCUT2D eigenvalue weighted by Crippen LogP contribution is 2.17. The summed E-state index contributed by atoms with van der Waals surface area (Å²) < 4.78 is 5.13. The van der Waals surface area contributed by atoms with Crippen LogP contribution >= 0.6 is 0 Å². The Labute approximate surface area is 120 Å². The minimum Gasteiger partial charge on any atom is -0.497 e. The molecule has 2 rings (SSSR count). The Morgan fingerprint density at radius 3 is 2.80 bits per heavy atom. The predicted octanol–water partition coefficient (Wildman–Crippen LogP) is 2.40. The van der Waals surface area contributed by atoms with Gasteiger partial charge >= 0.3 is 0 Å². The van der Waals surface area contributed by atoms with Gasteiger partial charge in [0, 0.05) is 12.5 Å². The van der Waals surface area contributed by atoms with E-state index in [1.54, 1.807) is 7.11 Å². The molecular weight excluding hydrogens is 252 g/mol. The molecule has 0 spiro atoms. The zero-order valence-electron chi connectivity index (χ0n) is 12.3. The average Bonchev–Trinajstić information content (AvgIpc) is 2.98. The maximum atomic E-state index is 11.9. The third kappa shape index (κ3) is 4.23. The molecule has 1 saturated heterocycles. The van der Waals surface area contributed by atoms with Crippen LogP contribution in [-0.2, 0) is 4.79 Å². The third-order valence-electron chi connectivity index (χ3n) is 3.88. The lowest BCUT2D eigenvalue weighted by molar-refractivity contribution is -0.121. The van der Waals surface area contributed by atoms with Crippen LogP contribution in [0.15, 0.2) is 24.3 Å². The van der Waals surface area contributed by atoms with Crippen molar-refractivity contribution < 1.29 is 9.53 Å². The first kappa shape index (κ1) is 14.9. The fourth-order valence-electron chi connectivity index (χ4n) is 2.60. The fourth-order valence-corrected chi connectivity index (χ4v) is 2.60. The minimum atomic E-state index is 0.0324. The van der Waals surface area contributed by atoms with E-state index in [1.807, 2.05) is 31.2 Å². The first-order chi connectivity index (χ1) is 9.69. The van der Waals surface area contributed by atoms with Crippen LogP contribution in [0.1, 0.15) is 44.2 Å². The molecule has 2 atom stereocenters. The maximum absolute atomic E-state index is 11.9. The summed E-state index contributed by atoms with van der Waals surface area (Å²) in [5, 5.41) is 6.47. The Morgan fingerprint density at radius 1 is 1.45 bits per heavy atom. The van der Waals surface area contributed by atoms with E-state index in [-0.39, 0.29) is 11.9 Å². The van der Waals surface area contributed by atoms with Crippen molar-refractivity contribution in [2.24, 2.45) is 0 Å². The molecule has 0 saturated carbocycles. The monoisotopic (exact) mass is 276 g/mol. The number of benzene rings is 1. The van der Waals surface area contributed by atoms with Gasteiger partial charge in [0.2, 0.25) is 5.91 Å². The summed E-state index contributed by atoms with van der Waals surface area (Å²) in [5.74, 6) is 0.960. The van der Waals surface area contributed by atoms with Gasteiger partial charge in [0.1, 0.15) is 5.75 Å². The van der Waals surface area contributed by atoms with Gasteiger partial charge in [0.15, 0.2) is 0 Å². The summed E-state index contributed by atoms with van der Waals surface area (Å²) in [6.45, 7) is 3.10. The van der Waals surface area contributed by atoms with Gasteiger partial charge in [-0.05, 0) is 50.4 Å². The highest BCUT2D eigenvalue weighted by atomic mass is 16.5. The van der Waals surface area contributed by atoms with Crippen molar-refractivity contribution in [3.8, 4) is 5.75 Å². The second-order valence-electron chi connectivity index (χ2n) is 5.39. The van der Waals surface area contributed by atoms with Crippen LogP contribution in [0, 0.1) is 0 Å². The molecule has 1 aliphatic rings. The Balaban J connectivity index is 1.77. The second kappa shape index (κ2) is 7.29. The number of carbonyl (C=O) groups excluding carboxylic acids is 1. The van der Waals surface area contributed by atoms with E-state index in [9.17, 15) is 4.79 Å². The Hall–Kier alpha value is -1.55. The molecule has 0 aromatic heterocycles. The largest absolute Gasteiger partial charge is 0.497 e. The standard InChI is InChI=1S/C16H24N2O2/c1-12(13-5-8-15(20-2)9-6-13)18-16(19)10-7-14-4-3-11-17-14/h5-6,8-9,12,14,17H,3-4,7,10-11H2,1-2H3,(H,18,19). The number of hydrogen-bond donors (Lipinski definition) is 2. The van der Waals surface area contributed by atoms with Crippen molar-refractivity contribution in [1.82, 2.24) is 10.6 Å². The van der Waals surface area contributed by atoms with E-state index >= 15 is 0 Å². The Morgan fingerprint density at radius 2 is 2.20 bits per heavy atom.